The third kappa shape index (κ3) is 4.88. The molecule has 1 aliphatic heterocycles. The summed E-state index contributed by atoms with van der Waals surface area (Å²) >= 11 is 0. The zero-order valence-electron chi connectivity index (χ0n) is 22.4. The van der Waals surface area contributed by atoms with Gasteiger partial charge in [-0.05, 0) is 61.0 Å². The summed E-state index contributed by atoms with van der Waals surface area (Å²) in [5.41, 5.74) is 2.72. The zero-order chi connectivity index (χ0) is 27.5. The molecule has 0 spiro atoms. The molecule has 7 nitrogen and oxygen atoms in total. The summed E-state index contributed by atoms with van der Waals surface area (Å²) in [5, 5.41) is 12.4. The van der Waals surface area contributed by atoms with Crippen LogP contribution in [0.5, 0.6) is 11.5 Å². The zero-order valence-corrected chi connectivity index (χ0v) is 22.4. The number of aromatic nitrogens is 1. The Morgan fingerprint density at radius 1 is 0.923 bits per heavy atom. The third-order valence-corrected chi connectivity index (χ3v) is 7.16. The minimum atomic E-state index is -0.825. The molecule has 1 N–H and O–H groups in total. The van der Waals surface area contributed by atoms with Gasteiger partial charge in [0.2, 0.25) is 0 Å². The largest absolute Gasteiger partial charge is 0.507 e. The van der Waals surface area contributed by atoms with Gasteiger partial charge in [-0.2, -0.15) is 0 Å². The number of benzene rings is 3. The lowest BCUT2D eigenvalue weighted by Crippen LogP contribution is -2.29. The van der Waals surface area contributed by atoms with Crippen molar-refractivity contribution in [2.45, 2.75) is 32.2 Å². The summed E-state index contributed by atoms with van der Waals surface area (Å²) in [5.74, 6) is -0.336. The Hall–Kier alpha value is -4.52. The molecule has 1 aromatic heterocycles. The number of methoxy groups -OCH3 is 1. The van der Waals surface area contributed by atoms with Gasteiger partial charge in [-0.1, -0.05) is 38.0 Å². The van der Waals surface area contributed by atoms with Gasteiger partial charge in [0.05, 0.1) is 25.3 Å². The van der Waals surface area contributed by atoms with Crippen molar-refractivity contribution in [2.24, 2.45) is 7.05 Å². The van der Waals surface area contributed by atoms with Gasteiger partial charge in [-0.15, -0.1) is 0 Å². The first kappa shape index (κ1) is 26.1. The van der Waals surface area contributed by atoms with Crippen LogP contribution < -0.4 is 14.4 Å². The molecule has 0 aliphatic carbocycles. The Labute approximate surface area is 227 Å². The summed E-state index contributed by atoms with van der Waals surface area (Å²) in [6.45, 7) is 2.76. The first-order valence-corrected chi connectivity index (χ1v) is 13.2. The predicted octanol–water partition coefficient (Wildman–Crippen LogP) is 6.38. The number of hydrogen-bond donors (Lipinski definition) is 1. The highest BCUT2D eigenvalue weighted by atomic mass is 16.5. The van der Waals surface area contributed by atoms with Crippen molar-refractivity contribution < 1.29 is 24.2 Å². The average Bonchev–Trinajstić information content (AvgIpc) is 3.44. The lowest BCUT2D eigenvalue weighted by molar-refractivity contribution is -0.132. The van der Waals surface area contributed by atoms with E-state index in [0.717, 1.165) is 35.7 Å². The van der Waals surface area contributed by atoms with Crippen molar-refractivity contribution in [3.8, 4) is 11.5 Å². The van der Waals surface area contributed by atoms with E-state index in [9.17, 15) is 14.7 Å². The molecule has 1 aliphatic rings. The summed E-state index contributed by atoms with van der Waals surface area (Å²) < 4.78 is 13.0. The number of anilines is 1. The molecule has 200 valence electrons. The van der Waals surface area contributed by atoms with Crippen LogP contribution in [0.4, 0.5) is 5.69 Å². The van der Waals surface area contributed by atoms with E-state index in [2.05, 4.69) is 6.92 Å². The predicted molar refractivity (Wildman–Crippen MR) is 152 cm³/mol. The van der Waals surface area contributed by atoms with Crippen molar-refractivity contribution in [1.29, 1.82) is 0 Å². The number of aryl methyl sites for hydroxylation is 1. The number of ketones is 1. The van der Waals surface area contributed by atoms with Gasteiger partial charge in [0.1, 0.15) is 17.3 Å². The summed E-state index contributed by atoms with van der Waals surface area (Å²) in [4.78, 5) is 28.5. The summed E-state index contributed by atoms with van der Waals surface area (Å²) in [6.07, 6.45) is 5.10. The number of amides is 1. The van der Waals surface area contributed by atoms with Crippen LogP contribution in [0.1, 0.15) is 43.4 Å². The Kier molecular flexibility index (Phi) is 7.41. The SMILES string of the molecule is CCCCCOc1ccc(/C(O)=C2\C(=O)C(=O)N(c3ccc(OC)cc3)C2c2cn(C)c3ccccc23)cc1. The molecule has 5 rings (SSSR count). The lowest BCUT2D eigenvalue weighted by Gasteiger charge is -2.25. The van der Waals surface area contributed by atoms with Gasteiger partial charge in [0.15, 0.2) is 0 Å². The number of hydrogen-bond acceptors (Lipinski definition) is 5. The summed E-state index contributed by atoms with van der Waals surface area (Å²) in [7, 11) is 3.49. The number of Topliss-reactive ketones (excluding diaryl/α,β-unsaturated/α-hetero) is 1. The average molecular weight is 525 g/mol. The van der Waals surface area contributed by atoms with Gasteiger partial charge >= 0.3 is 0 Å². The van der Waals surface area contributed by atoms with E-state index in [0.29, 0.717) is 29.4 Å². The highest BCUT2D eigenvalue weighted by Gasteiger charge is 2.47. The number of aliphatic hydroxyl groups excluding tert-OH is 1. The van der Waals surface area contributed by atoms with E-state index in [1.807, 2.05) is 42.1 Å². The van der Waals surface area contributed by atoms with Crippen molar-refractivity contribution >= 4 is 34.0 Å². The quantitative estimate of drug-likeness (QED) is 0.119. The minimum absolute atomic E-state index is 0.0452. The van der Waals surface area contributed by atoms with Crippen molar-refractivity contribution in [1.82, 2.24) is 4.57 Å². The van der Waals surface area contributed by atoms with E-state index >= 15 is 0 Å². The number of aliphatic hydroxyl groups is 1. The molecule has 7 heteroatoms. The van der Waals surface area contributed by atoms with Gasteiger partial charge < -0.3 is 19.1 Å². The maximum atomic E-state index is 13.6. The Morgan fingerprint density at radius 3 is 2.31 bits per heavy atom. The monoisotopic (exact) mass is 524 g/mol. The second-order valence-corrected chi connectivity index (χ2v) is 9.66. The molecule has 0 saturated carbocycles. The number of fused-ring (bicyclic) bond motifs is 1. The number of carbonyl (C=O) groups excluding carboxylic acids is 2. The normalized spacial score (nSPS) is 16.7. The van der Waals surface area contributed by atoms with Crippen LogP contribution >= 0.6 is 0 Å². The minimum Gasteiger partial charge on any atom is -0.507 e. The fourth-order valence-corrected chi connectivity index (χ4v) is 5.13. The van der Waals surface area contributed by atoms with Crippen LogP contribution in [0.15, 0.2) is 84.6 Å². The standard InChI is InChI=1S/C32H32N2O5/c1-4-5-8-19-39-24-15-11-21(12-16-24)30(35)28-29(26-20-33(2)27-10-7-6-9-25(26)27)34(32(37)31(28)36)22-13-17-23(38-3)18-14-22/h6-7,9-18,20,29,35H,4-5,8,19H2,1-3H3/b30-28+. The smallest absolute Gasteiger partial charge is 0.300 e. The lowest BCUT2D eigenvalue weighted by atomic mass is 9.94. The molecule has 0 bridgehead atoms. The molecule has 1 saturated heterocycles. The van der Waals surface area contributed by atoms with Gasteiger partial charge in [0, 0.05) is 41.0 Å². The second-order valence-electron chi connectivity index (χ2n) is 9.66. The highest BCUT2D eigenvalue weighted by Crippen LogP contribution is 2.45. The molecule has 1 atom stereocenters. The van der Waals surface area contributed by atoms with E-state index in [1.54, 1.807) is 55.6 Å². The number of nitrogens with zero attached hydrogens (tertiary/aromatic N) is 2. The second kappa shape index (κ2) is 11.1. The van der Waals surface area contributed by atoms with Crippen molar-refractivity contribution in [2.75, 3.05) is 18.6 Å². The van der Waals surface area contributed by atoms with Crippen molar-refractivity contribution in [3.05, 3.63) is 95.7 Å². The van der Waals surface area contributed by atoms with Crippen LogP contribution in [-0.4, -0.2) is 35.1 Å². The number of para-hydroxylation sites is 1. The highest BCUT2D eigenvalue weighted by molar-refractivity contribution is 6.51. The number of unbranched alkanes of at least 4 members (excludes halogenated alkanes) is 2. The van der Waals surface area contributed by atoms with Gasteiger partial charge in [-0.25, -0.2) is 0 Å². The maximum absolute atomic E-state index is 13.6. The molecule has 1 fully saturated rings. The number of ether oxygens (including phenoxy) is 2. The number of rotatable bonds is 9. The Bertz CT molecular complexity index is 1530. The van der Waals surface area contributed by atoms with Crippen LogP contribution in [0.2, 0.25) is 0 Å². The third-order valence-electron chi connectivity index (χ3n) is 7.16. The molecule has 1 amide bonds. The van der Waals surface area contributed by atoms with E-state index in [1.165, 1.54) is 4.90 Å². The van der Waals surface area contributed by atoms with Crippen LogP contribution in [0.3, 0.4) is 0 Å². The molecule has 4 aromatic rings. The first-order valence-electron chi connectivity index (χ1n) is 13.2. The molecule has 3 aromatic carbocycles. The van der Waals surface area contributed by atoms with E-state index < -0.39 is 17.7 Å². The molecular weight excluding hydrogens is 492 g/mol. The van der Waals surface area contributed by atoms with E-state index in [4.69, 9.17) is 9.47 Å². The number of carbonyl (C=O) groups is 2. The molecule has 2 heterocycles. The van der Waals surface area contributed by atoms with Gasteiger partial charge in [-0.3, -0.25) is 14.5 Å². The Morgan fingerprint density at radius 2 is 1.62 bits per heavy atom. The van der Waals surface area contributed by atoms with Crippen LogP contribution in [0, 0.1) is 0 Å². The molecule has 0 radical (unpaired) electrons. The van der Waals surface area contributed by atoms with Crippen molar-refractivity contribution in [3.63, 3.8) is 0 Å². The topological polar surface area (TPSA) is 81.0 Å². The fraction of sp³-hybridized carbons (Fsp3) is 0.250. The molecular formula is C32H32N2O5. The molecule has 39 heavy (non-hydrogen) atoms. The fourth-order valence-electron chi connectivity index (χ4n) is 5.13. The molecule has 1 unspecified atom stereocenters. The maximum Gasteiger partial charge on any atom is 0.300 e. The van der Waals surface area contributed by atoms with Gasteiger partial charge in [0.25, 0.3) is 11.7 Å². The van der Waals surface area contributed by atoms with Crippen LogP contribution in [0.25, 0.3) is 16.7 Å². The Balaban J connectivity index is 1.62. The van der Waals surface area contributed by atoms with E-state index in [-0.39, 0.29) is 11.3 Å². The summed E-state index contributed by atoms with van der Waals surface area (Å²) in [6, 6.07) is 20.9. The van der Waals surface area contributed by atoms with Crippen LogP contribution in [-0.2, 0) is 16.6 Å². The first-order chi connectivity index (χ1) is 18.9.